The molecule has 1 aliphatic heterocycles. The van der Waals surface area contributed by atoms with Crippen molar-refractivity contribution in [1.29, 1.82) is 0 Å². The number of nitrogens with zero attached hydrogens (tertiary/aromatic N) is 1. The minimum absolute atomic E-state index is 0.00418. The van der Waals surface area contributed by atoms with Crippen LogP contribution in [-0.2, 0) is 4.74 Å². The van der Waals surface area contributed by atoms with Gasteiger partial charge in [0.2, 0.25) is 0 Å². The molecule has 0 aromatic heterocycles. The molecule has 0 radical (unpaired) electrons. The zero-order chi connectivity index (χ0) is 17.2. The number of hydrogen-bond donors (Lipinski definition) is 1. The minimum atomic E-state index is -0.521. The molecule has 4 nitrogen and oxygen atoms in total. The molecule has 0 bridgehead atoms. The Kier molecular flexibility index (Phi) is 5.82. The van der Waals surface area contributed by atoms with Gasteiger partial charge in [0.25, 0.3) is 0 Å². The van der Waals surface area contributed by atoms with Crippen LogP contribution in [0.25, 0.3) is 0 Å². The summed E-state index contributed by atoms with van der Waals surface area (Å²) in [6.45, 7) is 6.60. The normalized spacial score (nSPS) is 22.1. The molecule has 0 saturated carbocycles. The molecule has 1 aliphatic rings. The monoisotopic (exact) mass is 359 g/mol. The molecule has 6 heteroatoms. The SMILES string of the molecule is CC(C)(C)OC(=O)N1CC[C@H](c2ccc(Cl)c(Cl)c2)[C@@H](CO)C1. The van der Waals surface area contributed by atoms with E-state index >= 15 is 0 Å². The van der Waals surface area contributed by atoms with Crippen LogP contribution < -0.4 is 0 Å². The topological polar surface area (TPSA) is 49.8 Å². The maximum absolute atomic E-state index is 12.2. The van der Waals surface area contributed by atoms with Gasteiger partial charge in [-0.3, -0.25) is 0 Å². The van der Waals surface area contributed by atoms with E-state index in [1.54, 1.807) is 11.0 Å². The zero-order valence-corrected chi connectivity index (χ0v) is 15.2. The Bertz CT molecular complexity index is 571. The van der Waals surface area contributed by atoms with Crippen LogP contribution in [0.5, 0.6) is 0 Å². The van der Waals surface area contributed by atoms with Crippen molar-refractivity contribution in [3.8, 4) is 0 Å². The maximum Gasteiger partial charge on any atom is 0.410 e. The molecule has 23 heavy (non-hydrogen) atoms. The van der Waals surface area contributed by atoms with Gasteiger partial charge >= 0.3 is 6.09 Å². The van der Waals surface area contributed by atoms with Crippen LogP contribution in [0.4, 0.5) is 4.79 Å². The molecule has 2 atom stereocenters. The summed E-state index contributed by atoms with van der Waals surface area (Å²) in [6, 6.07) is 5.55. The summed E-state index contributed by atoms with van der Waals surface area (Å²) in [5.74, 6) is 0.0990. The average Bonchev–Trinajstić information content (AvgIpc) is 2.47. The van der Waals surface area contributed by atoms with Crippen LogP contribution in [0.3, 0.4) is 0 Å². The van der Waals surface area contributed by atoms with Gasteiger partial charge in [0.05, 0.1) is 10.0 Å². The van der Waals surface area contributed by atoms with E-state index in [4.69, 9.17) is 27.9 Å². The van der Waals surface area contributed by atoms with Crippen LogP contribution in [0.1, 0.15) is 38.7 Å². The minimum Gasteiger partial charge on any atom is -0.444 e. The van der Waals surface area contributed by atoms with Crippen molar-refractivity contribution in [3.05, 3.63) is 33.8 Å². The number of carbonyl (C=O) groups is 1. The lowest BCUT2D eigenvalue weighted by Crippen LogP contribution is -2.46. The second-order valence-corrected chi connectivity index (χ2v) is 7.75. The standard InChI is InChI=1S/C17H23Cl2NO3/c1-17(2,3)23-16(22)20-7-6-13(12(9-20)10-21)11-4-5-14(18)15(19)8-11/h4-5,8,12-13,21H,6-7,9-10H2,1-3H3/t12-,13-/m1/s1. The van der Waals surface area contributed by atoms with Gasteiger partial charge in [-0.2, -0.15) is 0 Å². The molecule has 128 valence electrons. The molecule has 1 fully saturated rings. The van der Waals surface area contributed by atoms with Gasteiger partial charge in [0.15, 0.2) is 0 Å². The Balaban J connectivity index is 2.09. The van der Waals surface area contributed by atoms with Gasteiger partial charge in [-0.1, -0.05) is 29.3 Å². The summed E-state index contributed by atoms with van der Waals surface area (Å²) in [5, 5.41) is 10.8. The van der Waals surface area contributed by atoms with Crippen molar-refractivity contribution >= 4 is 29.3 Å². The van der Waals surface area contributed by atoms with Crippen molar-refractivity contribution in [2.24, 2.45) is 5.92 Å². The first-order chi connectivity index (χ1) is 10.7. The Labute approximate surface area is 147 Å². The van der Waals surface area contributed by atoms with Crippen LogP contribution in [0.2, 0.25) is 10.0 Å². The summed E-state index contributed by atoms with van der Waals surface area (Å²) >= 11 is 12.1. The summed E-state index contributed by atoms with van der Waals surface area (Å²) < 4.78 is 5.41. The van der Waals surface area contributed by atoms with E-state index in [2.05, 4.69) is 0 Å². The second kappa shape index (κ2) is 7.29. The smallest absolute Gasteiger partial charge is 0.410 e. The Hall–Kier alpha value is -0.970. The number of aliphatic hydroxyl groups is 1. The lowest BCUT2D eigenvalue weighted by Gasteiger charge is -2.38. The first-order valence-electron chi connectivity index (χ1n) is 7.75. The largest absolute Gasteiger partial charge is 0.444 e. The summed E-state index contributed by atoms with van der Waals surface area (Å²) in [4.78, 5) is 13.9. The van der Waals surface area contributed by atoms with Crippen molar-refractivity contribution in [2.75, 3.05) is 19.7 Å². The average molecular weight is 360 g/mol. The van der Waals surface area contributed by atoms with Crippen molar-refractivity contribution in [2.45, 2.75) is 38.7 Å². The van der Waals surface area contributed by atoms with Crippen LogP contribution in [0, 0.1) is 5.92 Å². The highest BCUT2D eigenvalue weighted by molar-refractivity contribution is 6.42. The molecule has 1 aromatic rings. The molecule has 0 aliphatic carbocycles. The lowest BCUT2D eigenvalue weighted by atomic mass is 9.81. The third-order valence-corrected chi connectivity index (χ3v) is 4.73. The van der Waals surface area contributed by atoms with Crippen LogP contribution >= 0.6 is 23.2 Å². The third kappa shape index (κ3) is 4.75. The van der Waals surface area contributed by atoms with E-state index in [0.29, 0.717) is 23.1 Å². The first kappa shape index (κ1) is 18.4. The van der Waals surface area contributed by atoms with E-state index < -0.39 is 5.60 Å². The van der Waals surface area contributed by atoms with Gasteiger partial charge in [0, 0.05) is 25.6 Å². The van der Waals surface area contributed by atoms with E-state index in [9.17, 15) is 9.90 Å². The van der Waals surface area contributed by atoms with Gasteiger partial charge in [-0.25, -0.2) is 4.79 Å². The zero-order valence-electron chi connectivity index (χ0n) is 13.7. The number of halogens is 2. The maximum atomic E-state index is 12.2. The van der Waals surface area contributed by atoms with Crippen molar-refractivity contribution in [1.82, 2.24) is 4.90 Å². The van der Waals surface area contributed by atoms with Gasteiger partial charge in [-0.15, -0.1) is 0 Å². The molecule has 1 amide bonds. The highest BCUT2D eigenvalue weighted by Gasteiger charge is 2.34. The quantitative estimate of drug-likeness (QED) is 0.854. The van der Waals surface area contributed by atoms with Gasteiger partial charge in [-0.05, 0) is 50.8 Å². The van der Waals surface area contributed by atoms with E-state index in [1.165, 1.54) is 0 Å². The molecule has 1 N–H and O–H groups in total. The number of hydrogen-bond acceptors (Lipinski definition) is 3. The Morgan fingerprint density at radius 2 is 2.04 bits per heavy atom. The summed E-state index contributed by atoms with van der Waals surface area (Å²) in [5.41, 5.74) is 0.522. The fourth-order valence-corrected chi connectivity index (χ4v) is 3.20. The van der Waals surface area contributed by atoms with Crippen LogP contribution in [-0.4, -0.2) is 41.4 Å². The van der Waals surface area contributed by atoms with Crippen molar-refractivity contribution in [3.63, 3.8) is 0 Å². The fraction of sp³-hybridized carbons (Fsp3) is 0.588. The molecule has 1 aromatic carbocycles. The van der Waals surface area contributed by atoms with Crippen molar-refractivity contribution < 1.29 is 14.6 Å². The van der Waals surface area contributed by atoms with E-state index in [-0.39, 0.29) is 24.5 Å². The fourth-order valence-electron chi connectivity index (χ4n) is 2.89. The van der Waals surface area contributed by atoms with Gasteiger partial charge in [0.1, 0.15) is 5.60 Å². The molecule has 1 heterocycles. The Morgan fingerprint density at radius 3 is 2.61 bits per heavy atom. The number of rotatable bonds is 2. The van der Waals surface area contributed by atoms with E-state index in [0.717, 1.165) is 12.0 Å². The summed E-state index contributed by atoms with van der Waals surface area (Å²) in [7, 11) is 0. The second-order valence-electron chi connectivity index (χ2n) is 6.94. The number of ether oxygens (including phenoxy) is 1. The van der Waals surface area contributed by atoms with Gasteiger partial charge < -0.3 is 14.7 Å². The number of benzene rings is 1. The van der Waals surface area contributed by atoms with Crippen LogP contribution in [0.15, 0.2) is 18.2 Å². The van der Waals surface area contributed by atoms with E-state index in [1.807, 2.05) is 32.9 Å². The highest BCUT2D eigenvalue weighted by Crippen LogP contribution is 2.36. The molecular formula is C17H23Cl2NO3. The summed E-state index contributed by atoms with van der Waals surface area (Å²) in [6.07, 6.45) is 0.422. The number of carbonyl (C=O) groups excluding carboxylic acids is 1. The predicted molar refractivity (Wildman–Crippen MR) is 92.2 cm³/mol. The number of likely N-dealkylation sites (tertiary alicyclic amines) is 1. The molecule has 0 unspecified atom stereocenters. The number of aliphatic hydroxyl groups excluding tert-OH is 1. The Morgan fingerprint density at radius 1 is 1.35 bits per heavy atom. The molecule has 2 rings (SSSR count). The molecule has 0 spiro atoms. The number of amides is 1. The molecule has 1 saturated heterocycles. The highest BCUT2D eigenvalue weighted by atomic mass is 35.5. The third-order valence-electron chi connectivity index (χ3n) is 3.99. The first-order valence-corrected chi connectivity index (χ1v) is 8.50. The predicted octanol–water partition coefficient (Wildman–Crippen LogP) is 4.33. The number of piperidine rings is 1. The lowest BCUT2D eigenvalue weighted by molar-refractivity contribution is 0.0102. The molecular weight excluding hydrogens is 337 g/mol.